The Hall–Kier alpha value is -3.60. The summed E-state index contributed by atoms with van der Waals surface area (Å²) in [4.78, 5) is 28.4. The van der Waals surface area contributed by atoms with E-state index in [4.69, 9.17) is 20.0 Å². The van der Waals surface area contributed by atoms with Gasteiger partial charge in [-0.2, -0.15) is 5.26 Å². The van der Waals surface area contributed by atoms with Crippen molar-refractivity contribution in [2.45, 2.75) is 61.1 Å². The first-order valence-corrected chi connectivity index (χ1v) is 16.0. The SMILES string of the molecule is Cc1csc(S(=O)(=O)C2(c3cc(N4CCOC[C@@H]4C)nc(-c4ccc(NC(=O)NCCC#N)cc4)n3)CCCC2)n1. The number of amides is 2. The van der Waals surface area contributed by atoms with Crippen molar-refractivity contribution in [3.63, 3.8) is 0 Å². The van der Waals surface area contributed by atoms with E-state index < -0.39 is 20.6 Å². The maximum atomic E-state index is 14.2. The molecule has 2 fully saturated rings. The number of ether oxygens (including phenoxy) is 1. The van der Waals surface area contributed by atoms with Gasteiger partial charge in [-0.1, -0.05) is 12.8 Å². The van der Waals surface area contributed by atoms with E-state index in [1.54, 1.807) is 36.6 Å². The normalized spacial score (nSPS) is 18.6. The van der Waals surface area contributed by atoms with Crippen molar-refractivity contribution >= 4 is 38.7 Å². The molecule has 5 rings (SSSR count). The van der Waals surface area contributed by atoms with E-state index in [1.165, 1.54) is 0 Å². The van der Waals surface area contributed by atoms with Crippen molar-refractivity contribution < 1.29 is 17.9 Å². The molecule has 216 valence electrons. The number of nitrogens with zero attached hydrogens (tertiary/aromatic N) is 5. The first-order chi connectivity index (χ1) is 19.7. The Morgan fingerprint density at radius 3 is 2.63 bits per heavy atom. The standard InChI is InChI=1S/C28H33N7O4S2/c1-19-18-40-27(31-19)41(37,38)28(10-3-4-11-28)23-16-24(35-14-15-39-17-20(35)2)34-25(33-23)21-6-8-22(9-7-21)32-26(36)30-13-5-12-29/h6-9,16,18,20H,3-5,10-11,13-15,17H2,1-2H3,(H2,30,32,36)/t20-/m0/s1. The van der Waals surface area contributed by atoms with E-state index in [0.29, 0.717) is 66.9 Å². The monoisotopic (exact) mass is 595 g/mol. The van der Waals surface area contributed by atoms with E-state index in [2.05, 4.69) is 27.4 Å². The van der Waals surface area contributed by atoms with Crippen LogP contribution in [0.2, 0.25) is 0 Å². The van der Waals surface area contributed by atoms with E-state index in [0.717, 1.165) is 24.2 Å². The fourth-order valence-electron chi connectivity index (χ4n) is 5.35. The van der Waals surface area contributed by atoms with Crippen molar-refractivity contribution in [2.75, 3.05) is 36.5 Å². The number of benzene rings is 1. The lowest BCUT2D eigenvalue weighted by atomic mass is 10.0. The van der Waals surface area contributed by atoms with Gasteiger partial charge in [-0.05, 0) is 51.0 Å². The summed E-state index contributed by atoms with van der Waals surface area (Å²) >= 11 is 1.16. The summed E-state index contributed by atoms with van der Waals surface area (Å²) in [5.41, 5.74) is 2.43. The Morgan fingerprint density at radius 2 is 1.98 bits per heavy atom. The second kappa shape index (κ2) is 12.1. The van der Waals surface area contributed by atoms with Crippen LogP contribution in [0.1, 0.15) is 50.4 Å². The second-order valence-electron chi connectivity index (χ2n) is 10.4. The lowest BCUT2D eigenvalue weighted by Crippen LogP contribution is -2.44. The minimum absolute atomic E-state index is 0.0585. The summed E-state index contributed by atoms with van der Waals surface area (Å²) in [5, 5.41) is 15.8. The lowest BCUT2D eigenvalue weighted by Gasteiger charge is -2.35. The molecule has 0 spiro atoms. The van der Waals surface area contributed by atoms with Crippen molar-refractivity contribution in [3.05, 3.63) is 47.1 Å². The zero-order chi connectivity index (χ0) is 29.0. The molecule has 3 aromatic rings. The number of carbonyl (C=O) groups excluding carboxylic acids is 1. The zero-order valence-electron chi connectivity index (χ0n) is 23.1. The van der Waals surface area contributed by atoms with Gasteiger partial charge < -0.3 is 20.3 Å². The number of nitrogens with one attached hydrogen (secondary N) is 2. The van der Waals surface area contributed by atoms with Crippen molar-refractivity contribution in [1.29, 1.82) is 5.26 Å². The smallest absolute Gasteiger partial charge is 0.319 e. The van der Waals surface area contributed by atoms with Crippen molar-refractivity contribution in [2.24, 2.45) is 0 Å². The molecule has 0 unspecified atom stereocenters. The van der Waals surface area contributed by atoms with Crippen LogP contribution in [0.5, 0.6) is 0 Å². The molecular weight excluding hydrogens is 562 g/mol. The fourth-order valence-corrected chi connectivity index (χ4v) is 8.81. The molecule has 0 radical (unpaired) electrons. The lowest BCUT2D eigenvalue weighted by molar-refractivity contribution is 0.0985. The summed E-state index contributed by atoms with van der Waals surface area (Å²) in [6.07, 6.45) is 2.72. The molecule has 1 saturated heterocycles. The molecule has 1 aliphatic carbocycles. The van der Waals surface area contributed by atoms with Crippen LogP contribution < -0.4 is 15.5 Å². The van der Waals surface area contributed by atoms with E-state index >= 15 is 0 Å². The molecule has 0 bridgehead atoms. The van der Waals surface area contributed by atoms with Crippen LogP contribution >= 0.6 is 11.3 Å². The summed E-state index contributed by atoms with van der Waals surface area (Å²) in [6.45, 7) is 5.85. The number of rotatable bonds is 8. The summed E-state index contributed by atoms with van der Waals surface area (Å²) in [6, 6.07) is 10.6. The average Bonchev–Trinajstić information content (AvgIpc) is 3.65. The Bertz CT molecular complexity index is 1540. The van der Waals surface area contributed by atoms with Crippen LogP contribution in [0.4, 0.5) is 16.3 Å². The molecule has 2 aliphatic rings. The van der Waals surface area contributed by atoms with E-state index in [1.807, 2.05) is 12.1 Å². The molecule has 13 heteroatoms. The molecule has 1 aromatic carbocycles. The van der Waals surface area contributed by atoms with Gasteiger partial charge in [0.25, 0.3) is 0 Å². The van der Waals surface area contributed by atoms with Gasteiger partial charge in [0.2, 0.25) is 14.2 Å². The van der Waals surface area contributed by atoms with Gasteiger partial charge in [0, 0.05) is 41.5 Å². The van der Waals surface area contributed by atoms with E-state index in [-0.39, 0.29) is 23.3 Å². The van der Waals surface area contributed by atoms with Crippen LogP contribution in [0, 0.1) is 18.3 Å². The maximum absolute atomic E-state index is 14.2. The third kappa shape index (κ3) is 5.91. The Labute approximate surface area is 243 Å². The summed E-state index contributed by atoms with van der Waals surface area (Å²) < 4.78 is 33.0. The third-order valence-electron chi connectivity index (χ3n) is 7.52. The molecule has 41 heavy (non-hydrogen) atoms. The number of thiazole rings is 1. The largest absolute Gasteiger partial charge is 0.377 e. The van der Waals surface area contributed by atoms with Gasteiger partial charge in [0.1, 0.15) is 10.6 Å². The highest BCUT2D eigenvalue weighted by Gasteiger charge is 2.51. The number of aryl methyl sites for hydroxylation is 1. The maximum Gasteiger partial charge on any atom is 0.319 e. The number of anilines is 2. The second-order valence-corrected chi connectivity index (χ2v) is 13.7. The predicted molar refractivity (Wildman–Crippen MR) is 157 cm³/mol. The van der Waals surface area contributed by atoms with Crippen molar-refractivity contribution in [1.82, 2.24) is 20.3 Å². The minimum Gasteiger partial charge on any atom is -0.377 e. The van der Waals surface area contributed by atoms with Crippen molar-refractivity contribution in [3.8, 4) is 17.5 Å². The number of urea groups is 1. The highest BCUT2D eigenvalue weighted by molar-refractivity contribution is 7.94. The number of carbonyl (C=O) groups is 1. The molecule has 2 amide bonds. The Morgan fingerprint density at radius 1 is 1.22 bits per heavy atom. The first-order valence-electron chi connectivity index (χ1n) is 13.7. The summed E-state index contributed by atoms with van der Waals surface area (Å²) in [5.74, 6) is 1.08. The molecule has 1 aliphatic heterocycles. The third-order valence-corrected chi connectivity index (χ3v) is 11.4. The highest BCUT2D eigenvalue weighted by Crippen LogP contribution is 2.49. The number of morpholine rings is 1. The van der Waals surface area contributed by atoms with Crippen LogP contribution in [-0.4, -0.2) is 61.7 Å². The molecule has 1 atom stereocenters. The van der Waals surface area contributed by atoms with Gasteiger partial charge in [-0.15, -0.1) is 11.3 Å². The average molecular weight is 596 g/mol. The quantitative estimate of drug-likeness (QED) is 0.361. The van der Waals surface area contributed by atoms with Gasteiger partial charge >= 0.3 is 6.03 Å². The Balaban J connectivity index is 1.55. The van der Waals surface area contributed by atoms with Gasteiger partial charge in [-0.3, -0.25) is 0 Å². The molecule has 2 N–H and O–H groups in total. The number of aromatic nitrogens is 3. The topological polar surface area (TPSA) is 150 Å². The van der Waals surface area contributed by atoms with Crippen LogP contribution in [0.25, 0.3) is 11.4 Å². The van der Waals surface area contributed by atoms with Gasteiger partial charge in [0.15, 0.2) is 5.82 Å². The van der Waals surface area contributed by atoms with E-state index in [9.17, 15) is 13.2 Å². The van der Waals surface area contributed by atoms with Gasteiger partial charge in [0.05, 0.1) is 37.4 Å². The number of hydrogen-bond donors (Lipinski definition) is 2. The number of hydrogen-bond acceptors (Lipinski definition) is 10. The highest BCUT2D eigenvalue weighted by atomic mass is 32.2. The number of nitriles is 1. The number of sulfone groups is 1. The van der Waals surface area contributed by atoms with Gasteiger partial charge in [-0.25, -0.2) is 28.2 Å². The van der Waals surface area contributed by atoms with Crippen LogP contribution in [0.3, 0.4) is 0 Å². The Kier molecular flexibility index (Phi) is 8.53. The van der Waals surface area contributed by atoms with Crippen LogP contribution in [-0.2, 0) is 19.3 Å². The summed E-state index contributed by atoms with van der Waals surface area (Å²) in [7, 11) is -3.82. The molecule has 11 nitrogen and oxygen atoms in total. The molecular formula is C28H33N7O4S2. The zero-order valence-corrected chi connectivity index (χ0v) is 24.7. The molecule has 1 saturated carbocycles. The fraction of sp³-hybridized carbons (Fsp3) is 0.464. The van der Waals surface area contributed by atoms with Crippen LogP contribution in [0.15, 0.2) is 40.1 Å². The first kappa shape index (κ1) is 28.9. The predicted octanol–water partition coefficient (Wildman–Crippen LogP) is 4.41. The molecule has 3 heterocycles. The minimum atomic E-state index is -3.82. The molecule has 2 aromatic heterocycles.